The second-order valence-electron chi connectivity index (χ2n) is 5.22. The van der Waals surface area contributed by atoms with E-state index < -0.39 is 5.97 Å². The summed E-state index contributed by atoms with van der Waals surface area (Å²) in [6.07, 6.45) is 1.69. The number of ether oxygens (including phenoxy) is 1. The lowest BCUT2D eigenvalue weighted by Crippen LogP contribution is -2.18. The Morgan fingerprint density at radius 3 is 2.58 bits per heavy atom. The predicted octanol–water partition coefficient (Wildman–Crippen LogP) is 3.35. The zero-order chi connectivity index (χ0) is 17.1. The highest BCUT2D eigenvalue weighted by molar-refractivity contribution is 8.18. The normalized spacial score (nSPS) is 15.5. The van der Waals surface area contributed by atoms with Crippen molar-refractivity contribution in [3.8, 4) is 5.75 Å². The van der Waals surface area contributed by atoms with Gasteiger partial charge in [0, 0.05) is 0 Å². The van der Waals surface area contributed by atoms with Gasteiger partial charge in [0.15, 0.2) is 5.17 Å². The Kier molecular flexibility index (Phi) is 4.48. The van der Waals surface area contributed by atoms with Gasteiger partial charge in [0.2, 0.25) is 0 Å². The zero-order valence-electron chi connectivity index (χ0n) is 12.8. The molecule has 0 atom stereocenters. The molecule has 6 heteroatoms. The van der Waals surface area contributed by atoms with Crippen molar-refractivity contribution in [2.24, 2.45) is 0 Å². The van der Waals surface area contributed by atoms with Crippen LogP contribution >= 0.6 is 11.8 Å². The molecule has 0 radical (unpaired) electrons. The first kappa shape index (κ1) is 16.0. The molecule has 1 saturated heterocycles. The van der Waals surface area contributed by atoms with Crippen LogP contribution in [0.25, 0.3) is 6.08 Å². The number of hydrogen-bond donors (Lipinski definition) is 2. The highest BCUT2D eigenvalue weighted by atomic mass is 32.2. The van der Waals surface area contributed by atoms with E-state index in [0.29, 0.717) is 16.2 Å². The van der Waals surface area contributed by atoms with Gasteiger partial charge in [-0.1, -0.05) is 29.8 Å². The van der Waals surface area contributed by atoms with Crippen LogP contribution in [-0.4, -0.2) is 17.0 Å². The Morgan fingerprint density at radius 2 is 1.96 bits per heavy atom. The minimum Gasteiger partial charge on any atom is -0.423 e. The molecule has 24 heavy (non-hydrogen) atoms. The highest BCUT2D eigenvalue weighted by Crippen LogP contribution is 2.25. The molecule has 1 aliphatic heterocycles. The first-order valence-corrected chi connectivity index (χ1v) is 8.01. The molecule has 0 aromatic heterocycles. The van der Waals surface area contributed by atoms with Crippen LogP contribution in [0.1, 0.15) is 21.5 Å². The number of rotatable bonds is 3. The fourth-order valence-corrected chi connectivity index (χ4v) is 2.87. The molecule has 2 aromatic carbocycles. The van der Waals surface area contributed by atoms with Gasteiger partial charge in [0.25, 0.3) is 5.91 Å². The Morgan fingerprint density at radius 1 is 1.21 bits per heavy atom. The van der Waals surface area contributed by atoms with Crippen LogP contribution in [0.5, 0.6) is 5.75 Å². The second-order valence-corrected chi connectivity index (χ2v) is 6.27. The Balaban J connectivity index is 1.71. The molecule has 5 nitrogen and oxygen atoms in total. The van der Waals surface area contributed by atoms with Gasteiger partial charge in [-0.3, -0.25) is 10.2 Å². The number of thioether (sulfide) groups is 1. The van der Waals surface area contributed by atoms with E-state index in [0.717, 1.165) is 22.9 Å². The van der Waals surface area contributed by atoms with Gasteiger partial charge in [-0.15, -0.1) is 0 Å². The van der Waals surface area contributed by atoms with Crippen molar-refractivity contribution in [2.45, 2.75) is 6.92 Å². The van der Waals surface area contributed by atoms with E-state index >= 15 is 0 Å². The second kappa shape index (κ2) is 6.72. The number of amides is 1. The summed E-state index contributed by atoms with van der Waals surface area (Å²) >= 11 is 1.08. The summed E-state index contributed by atoms with van der Waals surface area (Å²) in [7, 11) is 0. The van der Waals surface area contributed by atoms with Crippen LogP contribution in [-0.2, 0) is 4.79 Å². The summed E-state index contributed by atoms with van der Waals surface area (Å²) in [6.45, 7) is 1.91. The van der Waals surface area contributed by atoms with Crippen LogP contribution in [0.2, 0.25) is 0 Å². The van der Waals surface area contributed by atoms with E-state index in [1.807, 2.05) is 19.1 Å². The molecule has 2 aromatic rings. The quantitative estimate of drug-likeness (QED) is 0.511. The molecule has 1 fully saturated rings. The molecule has 0 aliphatic carbocycles. The Bertz CT molecular complexity index is 857. The van der Waals surface area contributed by atoms with Gasteiger partial charge in [0.05, 0.1) is 10.5 Å². The number of carbonyl (C=O) groups is 2. The van der Waals surface area contributed by atoms with Crippen molar-refractivity contribution < 1.29 is 14.3 Å². The molecular formula is C18H14N2O3S. The number of benzene rings is 2. The molecule has 1 aliphatic rings. The number of hydrogen-bond acceptors (Lipinski definition) is 5. The maximum Gasteiger partial charge on any atom is 0.343 e. The van der Waals surface area contributed by atoms with Gasteiger partial charge < -0.3 is 10.1 Å². The number of esters is 1. The zero-order valence-corrected chi connectivity index (χ0v) is 13.6. The average molecular weight is 338 g/mol. The number of carbonyl (C=O) groups excluding carboxylic acids is 2. The fraction of sp³-hybridized carbons (Fsp3) is 0.0556. The maximum atomic E-state index is 12.1. The largest absolute Gasteiger partial charge is 0.423 e. The summed E-state index contributed by atoms with van der Waals surface area (Å²) in [5, 5.41) is 9.95. The van der Waals surface area contributed by atoms with Crippen LogP contribution in [0.15, 0.2) is 53.4 Å². The molecular weight excluding hydrogens is 324 g/mol. The third-order valence-electron chi connectivity index (χ3n) is 3.31. The van der Waals surface area contributed by atoms with Crippen molar-refractivity contribution >= 4 is 34.9 Å². The number of nitrogens with one attached hydrogen (secondary N) is 2. The molecule has 0 bridgehead atoms. The van der Waals surface area contributed by atoms with Gasteiger partial charge in [-0.2, -0.15) is 0 Å². The Hall–Kier alpha value is -2.86. The predicted molar refractivity (Wildman–Crippen MR) is 94.0 cm³/mol. The first-order valence-electron chi connectivity index (χ1n) is 7.19. The van der Waals surface area contributed by atoms with Gasteiger partial charge in [-0.05, 0) is 54.6 Å². The van der Waals surface area contributed by atoms with Crippen LogP contribution in [0.4, 0.5) is 0 Å². The van der Waals surface area contributed by atoms with Gasteiger partial charge >= 0.3 is 5.97 Å². The van der Waals surface area contributed by atoms with E-state index in [1.165, 1.54) is 0 Å². The van der Waals surface area contributed by atoms with Crippen molar-refractivity contribution in [2.75, 3.05) is 0 Å². The molecule has 1 heterocycles. The number of aryl methyl sites for hydroxylation is 1. The van der Waals surface area contributed by atoms with E-state index in [1.54, 1.807) is 42.5 Å². The SMILES string of the molecule is Cc1cccc(C(=O)Oc2ccc(/C=C3\SC(=N)NC3=O)cc2)c1. The van der Waals surface area contributed by atoms with Crippen LogP contribution in [0.3, 0.4) is 0 Å². The lowest BCUT2D eigenvalue weighted by atomic mass is 10.1. The van der Waals surface area contributed by atoms with Crippen molar-refractivity contribution in [1.29, 1.82) is 5.41 Å². The molecule has 2 N–H and O–H groups in total. The molecule has 0 spiro atoms. The minimum atomic E-state index is -0.413. The maximum absolute atomic E-state index is 12.1. The average Bonchev–Trinajstić information content (AvgIpc) is 2.87. The summed E-state index contributed by atoms with van der Waals surface area (Å²) in [6, 6.07) is 14.0. The standard InChI is InChI=1S/C18H14N2O3S/c1-11-3-2-4-13(9-11)17(22)23-14-7-5-12(6-8-14)10-15-16(21)20-18(19)24-15/h2-10H,1H3,(H2,19,20,21)/b15-10-. The van der Waals surface area contributed by atoms with E-state index in [2.05, 4.69) is 5.32 Å². The molecule has 3 rings (SSSR count). The molecule has 1 amide bonds. The third-order valence-corrected chi connectivity index (χ3v) is 4.13. The van der Waals surface area contributed by atoms with Crippen molar-refractivity contribution in [3.63, 3.8) is 0 Å². The lowest BCUT2D eigenvalue weighted by Gasteiger charge is -2.05. The van der Waals surface area contributed by atoms with Crippen molar-refractivity contribution in [3.05, 3.63) is 70.1 Å². The summed E-state index contributed by atoms with van der Waals surface area (Å²) in [5.74, 6) is -0.260. The number of amidine groups is 1. The summed E-state index contributed by atoms with van der Waals surface area (Å²) in [5.41, 5.74) is 2.28. The van der Waals surface area contributed by atoms with Gasteiger partial charge in [0.1, 0.15) is 5.75 Å². The van der Waals surface area contributed by atoms with E-state index in [9.17, 15) is 9.59 Å². The monoisotopic (exact) mass is 338 g/mol. The molecule has 0 unspecified atom stereocenters. The smallest absolute Gasteiger partial charge is 0.343 e. The van der Waals surface area contributed by atoms with Gasteiger partial charge in [-0.25, -0.2) is 4.79 Å². The minimum absolute atomic E-state index is 0.120. The van der Waals surface area contributed by atoms with Crippen LogP contribution < -0.4 is 10.1 Å². The van der Waals surface area contributed by atoms with E-state index in [4.69, 9.17) is 10.1 Å². The first-order chi connectivity index (χ1) is 11.5. The topological polar surface area (TPSA) is 79.2 Å². The Labute approximate surface area is 143 Å². The highest BCUT2D eigenvalue weighted by Gasteiger charge is 2.22. The molecule has 120 valence electrons. The van der Waals surface area contributed by atoms with E-state index in [-0.39, 0.29) is 11.1 Å². The third kappa shape index (κ3) is 3.72. The summed E-state index contributed by atoms with van der Waals surface area (Å²) in [4.78, 5) is 24.1. The fourth-order valence-electron chi connectivity index (χ4n) is 2.16. The molecule has 0 saturated carbocycles. The summed E-state index contributed by atoms with van der Waals surface area (Å²) < 4.78 is 5.34. The van der Waals surface area contributed by atoms with Crippen LogP contribution in [0, 0.1) is 12.3 Å². The lowest BCUT2D eigenvalue weighted by molar-refractivity contribution is -0.115. The van der Waals surface area contributed by atoms with Crippen molar-refractivity contribution in [1.82, 2.24) is 5.32 Å².